The Labute approximate surface area is 95.4 Å². The van der Waals surface area contributed by atoms with Crippen LogP contribution in [0.1, 0.15) is 27.2 Å². The molecule has 1 aliphatic carbocycles. The zero-order valence-corrected chi connectivity index (χ0v) is 11.2. The lowest BCUT2D eigenvalue weighted by Crippen LogP contribution is -2.68. The largest absolute Gasteiger partial charge is 0.378 e. The molecule has 15 heavy (non-hydrogen) atoms. The summed E-state index contributed by atoms with van der Waals surface area (Å²) in [5, 5.41) is 3.46. The van der Waals surface area contributed by atoms with Crippen molar-refractivity contribution in [2.75, 3.05) is 25.7 Å². The molecule has 0 aromatic rings. The maximum Gasteiger partial charge on any atom is 0.0731 e. The van der Waals surface area contributed by atoms with Crippen LogP contribution in [-0.4, -0.2) is 41.5 Å². The molecule has 90 valence electrons. The number of hydrogen-bond acceptors (Lipinski definition) is 3. The summed E-state index contributed by atoms with van der Waals surface area (Å²) < 4.78 is 16.5. The van der Waals surface area contributed by atoms with E-state index in [2.05, 4.69) is 26.1 Å². The number of hydrogen-bond donors (Lipinski definition) is 1. The molecule has 1 N–H and O–H groups in total. The van der Waals surface area contributed by atoms with Crippen LogP contribution in [0.5, 0.6) is 0 Å². The minimum Gasteiger partial charge on any atom is -0.378 e. The van der Waals surface area contributed by atoms with Crippen LogP contribution >= 0.6 is 0 Å². The van der Waals surface area contributed by atoms with Gasteiger partial charge in [0, 0.05) is 47.9 Å². The molecule has 0 bridgehead atoms. The number of ether oxygens (including phenoxy) is 1. The summed E-state index contributed by atoms with van der Waals surface area (Å²) >= 11 is 0. The summed E-state index contributed by atoms with van der Waals surface area (Å²) in [6.45, 7) is 7.43. The zero-order chi connectivity index (χ0) is 11.7. The quantitative estimate of drug-likeness (QED) is 0.774. The first-order valence-corrected chi connectivity index (χ1v) is 7.15. The van der Waals surface area contributed by atoms with Crippen LogP contribution in [0.3, 0.4) is 0 Å². The first kappa shape index (κ1) is 13.1. The fourth-order valence-electron chi connectivity index (χ4n) is 2.20. The lowest BCUT2D eigenvalue weighted by Gasteiger charge is -2.59. The van der Waals surface area contributed by atoms with Crippen LogP contribution in [0.4, 0.5) is 0 Å². The van der Waals surface area contributed by atoms with Crippen molar-refractivity contribution in [1.82, 2.24) is 5.32 Å². The molecule has 4 heteroatoms. The summed E-state index contributed by atoms with van der Waals surface area (Å²) in [6, 6.07) is 0.478. The van der Waals surface area contributed by atoms with Crippen LogP contribution in [0, 0.1) is 5.41 Å². The van der Waals surface area contributed by atoms with E-state index in [1.165, 1.54) is 0 Å². The molecule has 0 aromatic heterocycles. The average Bonchev–Trinajstić information content (AvgIpc) is 2.15. The van der Waals surface area contributed by atoms with Crippen LogP contribution < -0.4 is 5.32 Å². The Morgan fingerprint density at radius 2 is 2.07 bits per heavy atom. The van der Waals surface area contributed by atoms with E-state index in [9.17, 15) is 4.21 Å². The van der Waals surface area contributed by atoms with Crippen molar-refractivity contribution in [2.45, 2.75) is 38.8 Å². The molecule has 3 atom stereocenters. The molecule has 0 aliphatic heterocycles. The van der Waals surface area contributed by atoms with Crippen molar-refractivity contribution in [2.24, 2.45) is 5.41 Å². The highest BCUT2D eigenvalue weighted by Gasteiger charge is 2.57. The summed E-state index contributed by atoms with van der Waals surface area (Å²) in [7, 11) is 1.08. The highest BCUT2D eigenvalue weighted by molar-refractivity contribution is 7.84. The third-order valence-corrected chi connectivity index (χ3v) is 4.84. The third kappa shape index (κ3) is 2.43. The Morgan fingerprint density at radius 1 is 1.47 bits per heavy atom. The molecule has 3 nitrogen and oxygen atoms in total. The van der Waals surface area contributed by atoms with E-state index in [0.717, 1.165) is 18.7 Å². The molecule has 0 spiro atoms. The molecule has 0 heterocycles. The second-order valence-corrected chi connectivity index (χ2v) is 6.70. The minimum atomic E-state index is -0.699. The van der Waals surface area contributed by atoms with Gasteiger partial charge in [0.05, 0.1) is 5.60 Å². The van der Waals surface area contributed by atoms with Gasteiger partial charge in [-0.15, -0.1) is 0 Å². The van der Waals surface area contributed by atoms with E-state index in [4.69, 9.17) is 4.74 Å². The Kier molecular flexibility index (Phi) is 3.95. The van der Waals surface area contributed by atoms with Gasteiger partial charge in [-0.3, -0.25) is 4.21 Å². The molecule has 0 radical (unpaired) electrons. The molecule has 1 aliphatic rings. The number of rotatable bonds is 5. The molecule has 3 unspecified atom stereocenters. The van der Waals surface area contributed by atoms with Gasteiger partial charge in [-0.1, -0.05) is 13.8 Å². The van der Waals surface area contributed by atoms with E-state index in [0.29, 0.717) is 6.04 Å². The molecule has 1 fully saturated rings. The average molecular weight is 233 g/mol. The van der Waals surface area contributed by atoms with Crippen molar-refractivity contribution >= 4 is 10.8 Å². The maximum atomic E-state index is 10.9. The van der Waals surface area contributed by atoms with Crippen molar-refractivity contribution in [3.8, 4) is 0 Å². The minimum absolute atomic E-state index is 0.0178. The van der Waals surface area contributed by atoms with Crippen LogP contribution in [0.25, 0.3) is 0 Å². The SMILES string of the molecule is COC1(C)CC(NCCS(C)=O)C1(C)C. The number of nitrogens with one attached hydrogen (secondary N) is 1. The summed E-state index contributed by atoms with van der Waals surface area (Å²) in [4.78, 5) is 0. The van der Waals surface area contributed by atoms with Gasteiger partial charge in [-0.05, 0) is 13.3 Å². The van der Waals surface area contributed by atoms with Gasteiger partial charge < -0.3 is 10.1 Å². The second-order valence-electron chi connectivity index (χ2n) is 5.14. The van der Waals surface area contributed by atoms with Gasteiger partial charge in [-0.25, -0.2) is 0 Å². The standard InChI is InChI=1S/C11H23NO2S/c1-10(2)9(8-11(10,3)14-4)12-6-7-15(5)13/h9,12H,6-8H2,1-5H3. The molecule has 0 saturated heterocycles. The van der Waals surface area contributed by atoms with E-state index in [1.807, 2.05) is 0 Å². The molecule has 0 amide bonds. The van der Waals surface area contributed by atoms with Crippen LogP contribution in [-0.2, 0) is 15.5 Å². The van der Waals surface area contributed by atoms with Gasteiger partial charge in [0.2, 0.25) is 0 Å². The lowest BCUT2D eigenvalue weighted by atomic mass is 9.56. The van der Waals surface area contributed by atoms with Crippen molar-refractivity contribution in [3.05, 3.63) is 0 Å². The maximum absolute atomic E-state index is 10.9. The normalized spacial score (nSPS) is 35.9. The molecular formula is C11H23NO2S. The summed E-state index contributed by atoms with van der Waals surface area (Å²) in [6.07, 6.45) is 2.78. The predicted molar refractivity (Wildman–Crippen MR) is 64.5 cm³/mol. The van der Waals surface area contributed by atoms with E-state index in [-0.39, 0.29) is 11.0 Å². The highest BCUT2D eigenvalue weighted by Crippen LogP contribution is 2.51. The van der Waals surface area contributed by atoms with Crippen LogP contribution in [0.2, 0.25) is 0 Å². The Hall–Kier alpha value is 0.0700. The van der Waals surface area contributed by atoms with Crippen molar-refractivity contribution in [1.29, 1.82) is 0 Å². The topological polar surface area (TPSA) is 38.3 Å². The molecule has 0 aromatic carbocycles. The molecule has 1 rings (SSSR count). The molecular weight excluding hydrogens is 210 g/mol. The monoisotopic (exact) mass is 233 g/mol. The van der Waals surface area contributed by atoms with Gasteiger partial charge in [-0.2, -0.15) is 0 Å². The number of methoxy groups -OCH3 is 1. The Balaban J connectivity index is 2.39. The fourth-order valence-corrected chi connectivity index (χ4v) is 2.60. The Bertz CT molecular complexity index is 255. The third-order valence-electron chi connectivity index (χ3n) is 4.06. The zero-order valence-electron chi connectivity index (χ0n) is 10.4. The lowest BCUT2D eigenvalue weighted by molar-refractivity contribution is -0.180. The van der Waals surface area contributed by atoms with Crippen molar-refractivity contribution < 1.29 is 8.95 Å². The first-order chi connectivity index (χ1) is 6.83. The fraction of sp³-hybridized carbons (Fsp3) is 1.00. The van der Waals surface area contributed by atoms with Crippen LogP contribution in [0.15, 0.2) is 0 Å². The van der Waals surface area contributed by atoms with Gasteiger partial charge in [0.25, 0.3) is 0 Å². The second kappa shape index (κ2) is 4.52. The van der Waals surface area contributed by atoms with Gasteiger partial charge in [0.1, 0.15) is 0 Å². The predicted octanol–water partition coefficient (Wildman–Crippen LogP) is 1.16. The highest BCUT2D eigenvalue weighted by atomic mass is 32.2. The van der Waals surface area contributed by atoms with Gasteiger partial charge >= 0.3 is 0 Å². The van der Waals surface area contributed by atoms with E-state index in [1.54, 1.807) is 13.4 Å². The van der Waals surface area contributed by atoms with Gasteiger partial charge in [0.15, 0.2) is 0 Å². The Morgan fingerprint density at radius 3 is 2.47 bits per heavy atom. The van der Waals surface area contributed by atoms with Crippen molar-refractivity contribution in [3.63, 3.8) is 0 Å². The molecule has 1 saturated carbocycles. The summed E-state index contributed by atoms with van der Waals surface area (Å²) in [5.41, 5.74) is 0.132. The summed E-state index contributed by atoms with van der Waals surface area (Å²) in [5.74, 6) is 0.732. The van der Waals surface area contributed by atoms with E-state index < -0.39 is 10.8 Å². The smallest absolute Gasteiger partial charge is 0.0731 e. The van der Waals surface area contributed by atoms with E-state index >= 15 is 0 Å². The first-order valence-electron chi connectivity index (χ1n) is 5.42.